The van der Waals surface area contributed by atoms with Gasteiger partial charge in [-0.05, 0) is 42.0 Å². The predicted octanol–water partition coefficient (Wildman–Crippen LogP) is 4.39. The highest BCUT2D eigenvalue weighted by molar-refractivity contribution is 5.98. The first-order chi connectivity index (χ1) is 16.8. The molecule has 1 saturated heterocycles. The lowest BCUT2D eigenvalue weighted by Gasteiger charge is -2.46. The number of nitrogens with one attached hydrogen (secondary N) is 1. The van der Waals surface area contributed by atoms with E-state index in [0.29, 0.717) is 29.9 Å². The number of nitrogens with zero attached hydrogens (tertiary/aromatic N) is 7. The molecule has 0 unspecified atom stereocenters. The molecule has 10 nitrogen and oxygen atoms in total. The van der Waals surface area contributed by atoms with E-state index in [0.717, 1.165) is 22.0 Å². The molecule has 1 aliphatic rings. The summed E-state index contributed by atoms with van der Waals surface area (Å²) in [5, 5.41) is 20.6. The SMILES string of the molecule is CC(C)c1ccc(N2C[C@H](C[N+](=O)[O-])[C@H]2C)c2cnc(Nc3ccnc(-c4cnn(C)c4)n3)cc12. The lowest BCUT2D eigenvalue weighted by Crippen LogP contribution is -2.57. The Morgan fingerprint density at radius 1 is 1.17 bits per heavy atom. The summed E-state index contributed by atoms with van der Waals surface area (Å²) in [7, 11) is 1.86. The molecule has 1 N–H and O–H groups in total. The van der Waals surface area contributed by atoms with Gasteiger partial charge in [0.15, 0.2) is 5.82 Å². The first-order valence-electron chi connectivity index (χ1n) is 11.7. The number of hydrogen-bond donors (Lipinski definition) is 1. The molecule has 0 aliphatic carbocycles. The van der Waals surface area contributed by atoms with Crippen LogP contribution in [0.1, 0.15) is 32.3 Å². The Labute approximate surface area is 203 Å². The zero-order valence-electron chi connectivity index (χ0n) is 20.2. The molecule has 0 bridgehead atoms. The smallest absolute Gasteiger partial charge is 0.210 e. The summed E-state index contributed by atoms with van der Waals surface area (Å²) in [5.41, 5.74) is 3.13. The van der Waals surface area contributed by atoms with E-state index in [-0.39, 0.29) is 23.4 Å². The highest BCUT2D eigenvalue weighted by Crippen LogP contribution is 2.39. The van der Waals surface area contributed by atoms with Gasteiger partial charge in [-0.2, -0.15) is 5.10 Å². The first-order valence-corrected chi connectivity index (χ1v) is 11.7. The Morgan fingerprint density at radius 2 is 2.00 bits per heavy atom. The molecular formula is C25H28N8O2. The molecule has 3 aromatic heterocycles. The second-order valence-electron chi connectivity index (χ2n) is 9.41. The monoisotopic (exact) mass is 472 g/mol. The number of rotatable bonds is 7. The lowest BCUT2D eigenvalue weighted by molar-refractivity contribution is -0.490. The van der Waals surface area contributed by atoms with Crippen LogP contribution < -0.4 is 10.2 Å². The molecule has 5 rings (SSSR count). The number of hydrogen-bond acceptors (Lipinski definition) is 8. The molecular weight excluding hydrogens is 444 g/mol. The van der Waals surface area contributed by atoms with E-state index in [9.17, 15) is 10.1 Å². The molecule has 4 heterocycles. The fourth-order valence-electron chi connectivity index (χ4n) is 4.71. The molecule has 1 fully saturated rings. The van der Waals surface area contributed by atoms with E-state index >= 15 is 0 Å². The van der Waals surface area contributed by atoms with Crippen molar-refractivity contribution < 1.29 is 4.92 Å². The maximum absolute atomic E-state index is 11.0. The summed E-state index contributed by atoms with van der Waals surface area (Å²) in [4.78, 5) is 26.6. The largest absolute Gasteiger partial charge is 0.367 e. The van der Waals surface area contributed by atoms with E-state index in [2.05, 4.69) is 69.2 Å². The standard InChI is InChI=1S/C25H28N8O2/c1-15(2)19-5-6-22(32-13-18(16(32)3)14-33(34)35)21-11-27-24(9-20(19)21)29-23-7-8-26-25(30-23)17-10-28-31(4)12-17/h5-12,15-16,18H,13-14H2,1-4H3,(H,26,27,29,30)/t16-,18-/m1/s1. The fourth-order valence-corrected chi connectivity index (χ4v) is 4.71. The molecule has 1 aromatic carbocycles. The number of fused-ring (bicyclic) bond motifs is 1. The summed E-state index contributed by atoms with van der Waals surface area (Å²) in [6, 6.07) is 8.25. The Kier molecular flexibility index (Phi) is 5.80. The van der Waals surface area contributed by atoms with Crippen LogP contribution in [0.25, 0.3) is 22.2 Å². The number of pyridine rings is 1. The Balaban J connectivity index is 1.47. The van der Waals surface area contributed by atoms with Crippen molar-refractivity contribution in [2.45, 2.75) is 32.7 Å². The zero-order valence-corrected chi connectivity index (χ0v) is 20.2. The summed E-state index contributed by atoms with van der Waals surface area (Å²) in [6.45, 7) is 7.08. The van der Waals surface area contributed by atoms with Crippen LogP contribution >= 0.6 is 0 Å². The van der Waals surface area contributed by atoms with Crippen LogP contribution in [-0.4, -0.2) is 48.8 Å². The second kappa shape index (κ2) is 8.94. The number of aromatic nitrogens is 5. The first kappa shape index (κ1) is 22.7. The average molecular weight is 473 g/mol. The van der Waals surface area contributed by atoms with Gasteiger partial charge in [-0.1, -0.05) is 19.9 Å². The fraction of sp³-hybridized carbons (Fsp3) is 0.360. The van der Waals surface area contributed by atoms with Crippen molar-refractivity contribution in [3.8, 4) is 11.4 Å². The maximum Gasteiger partial charge on any atom is 0.210 e. The highest BCUT2D eigenvalue weighted by atomic mass is 16.6. The van der Waals surface area contributed by atoms with Gasteiger partial charge in [0.1, 0.15) is 11.6 Å². The van der Waals surface area contributed by atoms with Crippen molar-refractivity contribution in [1.82, 2.24) is 24.7 Å². The van der Waals surface area contributed by atoms with Crippen LogP contribution in [0, 0.1) is 16.0 Å². The van der Waals surface area contributed by atoms with Gasteiger partial charge in [-0.3, -0.25) is 14.8 Å². The van der Waals surface area contributed by atoms with E-state index in [1.807, 2.05) is 25.5 Å². The molecule has 0 spiro atoms. The molecule has 0 radical (unpaired) electrons. The minimum absolute atomic E-state index is 0.00591. The molecule has 2 atom stereocenters. The van der Waals surface area contributed by atoms with E-state index < -0.39 is 0 Å². The van der Waals surface area contributed by atoms with Gasteiger partial charge in [-0.25, -0.2) is 15.0 Å². The van der Waals surface area contributed by atoms with Crippen LogP contribution in [0.4, 0.5) is 17.3 Å². The topological polar surface area (TPSA) is 115 Å². The van der Waals surface area contributed by atoms with Gasteiger partial charge in [0, 0.05) is 54.2 Å². The van der Waals surface area contributed by atoms with Gasteiger partial charge >= 0.3 is 0 Å². The van der Waals surface area contributed by atoms with Crippen LogP contribution in [0.5, 0.6) is 0 Å². The molecule has 4 aromatic rings. The quantitative estimate of drug-likeness (QED) is 0.311. The normalized spacial score (nSPS) is 17.6. The van der Waals surface area contributed by atoms with Crippen molar-refractivity contribution in [2.75, 3.05) is 23.3 Å². The Hall–Kier alpha value is -4.08. The number of aryl methyl sites for hydroxylation is 1. The van der Waals surface area contributed by atoms with Crippen LogP contribution in [-0.2, 0) is 7.05 Å². The van der Waals surface area contributed by atoms with Crippen molar-refractivity contribution in [3.05, 3.63) is 64.7 Å². The summed E-state index contributed by atoms with van der Waals surface area (Å²) < 4.78 is 1.72. The average Bonchev–Trinajstić information content (AvgIpc) is 3.27. The van der Waals surface area contributed by atoms with Gasteiger partial charge in [0.05, 0.1) is 17.7 Å². The summed E-state index contributed by atoms with van der Waals surface area (Å²) in [5.74, 6) is 2.31. The molecule has 35 heavy (non-hydrogen) atoms. The molecule has 0 amide bonds. The van der Waals surface area contributed by atoms with Crippen LogP contribution in [0.15, 0.2) is 49.1 Å². The molecule has 0 saturated carbocycles. The summed E-state index contributed by atoms with van der Waals surface area (Å²) >= 11 is 0. The second-order valence-corrected chi connectivity index (χ2v) is 9.41. The lowest BCUT2D eigenvalue weighted by atomic mass is 9.87. The molecule has 10 heteroatoms. The molecule has 1 aliphatic heterocycles. The van der Waals surface area contributed by atoms with Gasteiger partial charge in [-0.15, -0.1) is 0 Å². The number of anilines is 3. The van der Waals surface area contributed by atoms with E-state index in [1.165, 1.54) is 5.56 Å². The Bertz CT molecular complexity index is 1400. The molecule has 180 valence electrons. The third kappa shape index (κ3) is 4.39. The van der Waals surface area contributed by atoms with Crippen molar-refractivity contribution in [1.29, 1.82) is 0 Å². The van der Waals surface area contributed by atoms with E-state index in [4.69, 9.17) is 0 Å². The van der Waals surface area contributed by atoms with Crippen molar-refractivity contribution in [3.63, 3.8) is 0 Å². The summed E-state index contributed by atoms with van der Waals surface area (Å²) in [6.07, 6.45) is 7.20. The van der Waals surface area contributed by atoms with Crippen LogP contribution in [0.2, 0.25) is 0 Å². The van der Waals surface area contributed by atoms with E-state index in [1.54, 1.807) is 17.1 Å². The predicted molar refractivity (Wildman–Crippen MR) is 136 cm³/mol. The maximum atomic E-state index is 11.0. The van der Waals surface area contributed by atoms with Gasteiger partial charge in [0.25, 0.3) is 0 Å². The third-order valence-corrected chi connectivity index (χ3v) is 6.71. The zero-order chi connectivity index (χ0) is 24.7. The highest BCUT2D eigenvalue weighted by Gasteiger charge is 2.39. The minimum Gasteiger partial charge on any atom is -0.367 e. The number of benzene rings is 1. The van der Waals surface area contributed by atoms with Crippen molar-refractivity contribution in [2.24, 2.45) is 13.0 Å². The van der Waals surface area contributed by atoms with Gasteiger partial charge in [0.2, 0.25) is 6.54 Å². The minimum atomic E-state index is -0.217. The van der Waals surface area contributed by atoms with Crippen molar-refractivity contribution >= 4 is 28.1 Å². The van der Waals surface area contributed by atoms with Crippen LogP contribution in [0.3, 0.4) is 0 Å². The van der Waals surface area contributed by atoms with Gasteiger partial charge < -0.3 is 10.2 Å². The number of nitro groups is 1. The Morgan fingerprint density at radius 3 is 2.69 bits per heavy atom. The third-order valence-electron chi connectivity index (χ3n) is 6.71.